The largest absolute Gasteiger partial charge is 0.480 e. The number of aliphatic hydroxyl groups excluding tert-OH is 2. The summed E-state index contributed by atoms with van der Waals surface area (Å²) in [5.74, 6) is -10.2. The summed E-state index contributed by atoms with van der Waals surface area (Å²) in [4.78, 5) is 117. The van der Waals surface area contributed by atoms with Gasteiger partial charge < -0.3 is 75.9 Å². The third-order valence-electron chi connectivity index (χ3n) is 7.85. The molecule has 0 aliphatic heterocycles. The van der Waals surface area contributed by atoms with Gasteiger partial charge in [-0.15, -0.1) is 0 Å². The number of hydrogen-bond acceptors (Lipinski definition) is 13. The Morgan fingerprint density at radius 2 is 1.05 bits per heavy atom. The summed E-state index contributed by atoms with van der Waals surface area (Å²) in [7, 11) is 0. The highest BCUT2D eigenvalue weighted by atomic mass is 16.4. The molecule has 318 valence electrons. The molecular formula is C32H58N12O12. The average molecular weight is 803 g/mol. The van der Waals surface area contributed by atoms with Gasteiger partial charge in [-0.05, 0) is 37.5 Å². The van der Waals surface area contributed by atoms with Crippen LogP contribution in [0.5, 0.6) is 0 Å². The number of aliphatic carboxylic acids is 1. The predicted molar refractivity (Wildman–Crippen MR) is 198 cm³/mol. The number of carbonyl (C=O) groups excluding carboxylic acids is 8. The zero-order valence-corrected chi connectivity index (χ0v) is 31.9. The quantitative estimate of drug-likeness (QED) is 0.0209. The highest BCUT2D eigenvalue weighted by Gasteiger charge is 2.35. The minimum Gasteiger partial charge on any atom is -0.480 e. The summed E-state index contributed by atoms with van der Waals surface area (Å²) in [5.41, 5.74) is 26.5. The molecule has 0 saturated heterocycles. The van der Waals surface area contributed by atoms with Crippen LogP contribution in [0.15, 0.2) is 4.99 Å². The zero-order valence-electron chi connectivity index (χ0n) is 31.9. The van der Waals surface area contributed by atoms with Crippen molar-refractivity contribution in [2.45, 2.75) is 109 Å². The molecule has 24 heteroatoms. The predicted octanol–water partition coefficient (Wildman–Crippen LogP) is -6.81. The van der Waals surface area contributed by atoms with Gasteiger partial charge in [0.15, 0.2) is 5.96 Å². The van der Waals surface area contributed by atoms with Crippen LogP contribution in [0.25, 0.3) is 0 Å². The molecule has 56 heavy (non-hydrogen) atoms. The van der Waals surface area contributed by atoms with E-state index in [1.165, 1.54) is 0 Å². The van der Waals surface area contributed by atoms with Gasteiger partial charge >= 0.3 is 5.97 Å². The number of primary amides is 2. The maximum absolute atomic E-state index is 13.5. The molecule has 0 aromatic carbocycles. The van der Waals surface area contributed by atoms with Crippen molar-refractivity contribution in [2.75, 3.05) is 19.8 Å². The van der Waals surface area contributed by atoms with E-state index in [4.69, 9.17) is 28.7 Å². The van der Waals surface area contributed by atoms with Crippen molar-refractivity contribution in [3.63, 3.8) is 0 Å². The molecule has 0 fully saturated rings. The molecule has 8 amide bonds. The summed E-state index contributed by atoms with van der Waals surface area (Å²) in [6.45, 7) is 4.66. The molecule has 0 saturated carbocycles. The number of aliphatic hydroxyl groups is 2. The molecule has 0 heterocycles. The van der Waals surface area contributed by atoms with E-state index in [0.29, 0.717) is 0 Å². The van der Waals surface area contributed by atoms with Gasteiger partial charge in [-0.2, -0.15) is 0 Å². The standard InChI is InChI=1S/C32H58N12O12/c1-14(2)10-18(27(51)44-24(15(3)4)30(54)39-17(31(55)56)6-5-9-38-32(36)37)40-26(50)19(11-23(35)48)41-28(52)21(13-46)43-29(53)20(12-45)42-25(49)16(33)7-8-22(34)47/h14-21,24,45-46H,5-13,33H2,1-4H3,(H2,34,47)(H2,35,48)(H,39,54)(H,40,50)(H,41,52)(H,42,49)(H,43,53)(H,44,51)(H,55,56)(H4,36,37,38)/t16-,17-,18-,19-,20-,21-,24-/m0/s1. The Hall–Kier alpha value is -5.62. The van der Waals surface area contributed by atoms with Crippen LogP contribution in [0, 0.1) is 11.8 Å². The van der Waals surface area contributed by atoms with Crippen LogP contribution in [-0.2, 0) is 43.2 Å². The number of nitrogens with one attached hydrogen (secondary N) is 6. The van der Waals surface area contributed by atoms with Gasteiger partial charge in [0, 0.05) is 13.0 Å². The van der Waals surface area contributed by atoms with Crippen molar-refractivity contribution in [2.24, 2.45) is 45.5 Å². The average Bonchev–Trinajstić information content (AvgIpc) is 3.09. The van der Waals surface area contributed by atoms with Crippen LogP contribution in [-0.4, -0.2) is 137 Å². The second kappa shape index (κ2) is 25.5. The number of amides is 8. The Morgan fingerprint density at radius 1 is 0.589 bits per heavy atom. The fraction of sp³-hybridized carbons (Fsp3) is 0.688. The maximum atomic E-state index is 13.5. The van der Waals surface area contributed by atoms with Gasteiger partial charge in [0.1, 0.15) is 36.3 Å². The Kier molecular flexibility index (Phi) is 22.9. The lowest BCUT2D eigenvalue weighted by Gasteiger charge is -2.28. The summed E-state index contributed by atoms with van der Waals surface area (Å²) in [6.07, 6.45) is -1.06. The highest BCUT2D eigenvalue weighted by molar-refractivity contribution is 5.98. The Morgan fingerprint density at radius 3 is 1.50 bits per heavy atom. The maximum Gasteiger partial charge on any atom is 0.326 e. The number of nitrogens with two attached hydrogens (primary N) is 5. The summed E-state index contributed by atoms with van der Waals surface area (Å²) in [5, 5.41) is 42.8. The van der Waals surface area contributed by atoms with Crippen molar-refractivity contribution >= 4 is 59.2 Å². The van der Waals surface area contributed by atoms with Gasteiger partial charge in [0.05, 0.1) is 25.7 Å². The normalized spacial score (nSPS) is 14.7. The molecule has 0 aromatic rings. The Labute approximate surface area is 323 Å². The first-order valence-electron chi connectivity index (χ1n) is 17.7. The number of carbonyl (C=O) groups is 9. The molecule has 0 radical (unpaired) electrons. The summed E-state index contributed by atoms with van der Waals surface area (Å²) < 4.78 is 0. The first-order valence-corrected chi connectivity index (χ1v) is 17.7. The topological polar surface area (TPSA) is 429 Å². The van der Waals surface area contributed by atoms with E-state index in [9.17, 15) is 58.5 Å². The molecule has 0 spiro atoms. The fourth-order valence-corrected chi connectivity index (χ4v) is 4.84. The van der Waals surface area contributed by atoms with Crippen molar-refractivity contribution in [1.29, 1.82) is 0 Å². The van der Waals surface area contributed by atoms with Crippen LogP contribution in [0.1, 0.15) is 66.2 Å². The van der Waals surface area contributed by atoms with Gasteiger partial charge in [-0.3, -0.25) is 43.3 Å². The molecule has 0 bridgehead atoms. The van der Waals surface area contributed by atoms with Gasteiger partial charge in [-0.1, -0.05) is 27.7 Å². The van der Waals surface area contributed by atoms with Crippen molar-refractivity contribution in [3.05, 3.63) is 0 Å². The Balaban J connectivity index is 5.96. The van der Waals surface area contributed by atoms with Crippen molar-refractivity contribution in [1.82, 2.24) is 31.9 Å². The lowest BCUT2D eigenvalue weighted by atomic mass is 9.99. The van der Waals surface area contributed by atoms with Crippen molar-refractivity contribution in [3.8, 4) is 0 Å². The number of guanidine groups is 1. The minimum absolute atomic E-state index is 0.0143. The number of aliphatic imine (C=N–C) groups is 1. The van der Waals surface area contributed by atoms with Gasteiger partial charge in [-0.25, -0.2) is 4.79 Å². The Bertz CT molecular complexity index is 1420. The van der Waals surface area contributed by atoms with E-state index in [2.05, 4.69) is 36.9 Å². The lowest BCUT2D eigenvalue weighted by molar-refractivity contribution is -0.143. The lowest BCUT2D eigenvalue weighted by Crippen LogP contribution is -2.61. The van der Waals surface area contributed by atoms with Crippen LogP contribution >= 0.6 is 0 Å². The van der Waals surface area contributed by atoms with Gasteiger partial charge in [0.25, 0.3) is 0 Å². The number of carboxylic acid groups (broad SMARTS) is 1. The smallest absolute Gasteiger partial charge is 0.326 e. The second-order valence-electron chi connectivity index (χ2n) is 13.6. The van der Waals surface area contributed by atoms with Crippen LogP contribution in [0.3, 0.4) is 0 Å². The molecule has 24 nitrogen and oxygen atoms in total. The first-order chi connectivity index (χ1) is 26.0. The van der Waals surface area contributed by atoms with E-state index in [1.807, 2.05) is 0 Å². The fourth-order valence-electron chi connectivity index (χ4n) is 4.84. The van der Waals surface area contributed by atoms with E-state index < -0.39 is 121 Å². The van der Waals surface area contributed by atoms with Crippen LogP contribution in [0.2, 0.25) is 0 Å². The monoisotopic (exact) mass is 802 g/mol. The van der Waals surface area contributed by atoms with Crippen molar-refractivity contribution < 1.29 is 58.5 Å². The third kappa shape index (κ3) is 19.6. The highest BCUT2D eigenvalue weighted by Crippen LogP contribution is 2.10. The van der Waals surface area contributed by atoms with E-state index >= 15 is 0 Å². The third-order valence-corrected chi connectivity index (χ3v) is 7.85. The minimum atomic E-state index is -1.80. The van der Waals surface area contributed by atoms with E-state index in [1.54, 1.807) is 27.7 Å². The molecule has 0 aliphatic rings. The molecule has 0 unspecified atom stereocenters. The molecule has 0 aromatic heterocycles. The van der Waals surface area contributed by atoms with Crippen LogP contribution in [0.4, 0.5) is 0 Å². The molecule has 0 rings (SSSR count). The first kappa shape index (κ1) is 50.4. The molecule has 0 aliphatic carbocycles. The molecular weight excluding hydrogens is 744 g/mol. The van der Waals surface area contributed by atoms with E-state index in [0.717, 1.165) is 0 Å². The number of carboxylic acids is 1. The van der Waals surface area contributed by atoms with Crippen LogP contribution < -0.4 is 60.6 Å². The van der Waals surface area contributed by atoms with Gasteiger partial charge in [0.2, 0.25) is 47.3 Å². The van der Waals surface area contributed by atoms with E-state index in [-0.39, 0.29) is 50.5 Å². The number of hydrogen-bond donors (Lipinski definition) is 14. The number of rotatable bonds is 27. The summed E-state index contributed by atoms with van der Waals surface area (Å²) >= 11 is 0. The molecule has 19 N–H and O–H groups in total. The summed E-state index contributed by atoms with van der Waals surface area (Å²) in [6, 6.07) is -10.5. The second-order valence-corrected chi connectivity index (χ2v) is 13.6. The molecule has 7 atom stereocenters. The number of nitrogens with zero attached hydrogens (tertiary/aromatic N) is 1. The SMILES string of the molecule is CC(C)C[C@H](NC(=O)[C@H](CC(N)=O)NC(=O)[C@H](CO)NC(=O)[C@H](CO)NC(=O)[C@@H](N)CCC(N)=O)C(=O)N[C@H](C(=O)N[C@@H](CCCN=C(N)N)C(=O)O)C(C)C. The zero-order chi connectivity index (χ0) is 43.3.